The molecule has 0 aliphatic carbocycles. The zero-order chi connectivity index (χ0) is 14.8. The van der Waals surface area contributed by atoms with E-state index in [1.54, 1.807) is 0 Å². The highest BCUT2D eigenvalue weighted by molar-refractivity contribution is 7.89. The van der Waals surface area contributed by atoms with Crippen LogP contribution in [-0.2, 0) is 10.0 Å². The summed E-state index contributed by atoms with van der Waals surface area (Å²) in [4.78, 5) is -0.114. The van der Waals surface area contributed by atoms with Gasteiger partial charge in [-0.15, -0.1) is 0 Å². The minimum Gasteiger partial charge on any atom is -0.396 e. The maximum Gasteiger partial charge on any atom is 0.241 e. The lowest BCUT2D eigenvalue weighted by Gasteiger charge is -2.15. The van der Waals surface area contributed by atoms with Gasteiger partial charge in [-0.25, -0.2) is 17.5 Å². The summed E-state index contributed by atoms with van der Waals surface area (Å²) in [6.07, 6.45) is -1.20. The Kier molecular flexibility index (Phi) is 4.86. The minimum absolute atomic E-state index is 0.114. The Morgan fingerprint density at radius 3 is 2.58 bits per heavy atom. The molecule has 1 atom stereocenters. The fourth-order valence-electron chi connectivity index (χ4n) is 1.69. The molecule has 8 heteroatoms. The Labute approximate surface area is 111 Å². The first kappa shape index (κ1) is 15.8. The molecular weight excluding hydrogens is 275 g/mol. The first-order valence-electron chi connectivity index (χ1n) is 5.54. The average Bonchev–Trinajstić information content (AvgIpc) is 2.33. The van der Waals surface area contributed by atoms with E-state index in [-0.39, 0.29) is 28.3 Å². The number of aryl methyl sites for hydroxylation is 1. The number of sulfonamides is 1. The van der Waals surface area contributed by atoms with Crippen molar-refractivity contribution < 1.29 is 23.0 Å². The summed E-state index contributed by atoms with van der Waals surface area (Å²) in [6, 6.07) is 1.04. The van der Waals surface area contributed by atoms with Crippen molar-refractivity contribution in [3.63, 3.8) is 0 Å². The monoisotopic (exact) mass is 292 g/mol. The number of anilines is 1. The van der Waals surface area contributed by atoms with E-state index in [2.05, 4.69) is 4.72 Å². The van der Waals surface area contributed by atoms with Crippen molar-refractivity contribution in [1.29, 1.82) is 0 Å². The van der Waals surface area contributed by atoms with Crippen molar-refractivity contribution in [3.8, 4) is 0 Å². The van der Waals surface area contributed by atoms with Gasteiger partial charge in [0, 0.05) is 6.54 Å². The van der Waals surface area contributed by atoms with Crippen molar-refractivity contribution >= 4 is 15.7 Å². The number of nitrogens with one attached hydrogen (secondary N) is 1. The first-order valence-corrected chi connectivity index (χ1v) is 7.02. The van der Waals surface area contributed by atoms with E-state index < -0.39 is 28.6 Å². The van der Waals surface area contributed by atoms with E-state index in [9.17, 15) is 12.8 Å². The number of halogens is 1. The third-order valence-electron chi connectivity index (χ3n) is 2.69. The van der Waals surface area contributed by atoms with E-state index in [1.165, 1.54) is 13.8 Å². The zero-order valence-electron chi connectivity index (χ0n) is 10.6. The predicted molar refractivity (Wildman–Crippen MR) is 68.6 cm³/mol. The van der Waals surface area contributed by atoms with Crippen molar-refractivity contribution in [3.05, 3.63) is 23.0 Å². The second-order valence-corrected chi connectivity index (χ2v) is 5.94. The van der Waals surface area contributed by atoms with Gasteiger partial charge in [0.2, 0.25) is 10.0 Å². The number of aliphatic hydroxyl groups excluding tert-OH is 2. The molecule has 19 heavy (non-hydrogen) atoms. The third-order valence-corrected chi connectivity index (χ3v) is 4.40. The molecule has 108 valence electrons. The van der Waals surface area contributed by atoms with Crippen LogP contribution in [0.25, 0.3) is 0 Å². The van der Waals surface area contributed by atoms with Crippen LogP contribution in [0.2, 0.25) is 0 Å². The number of nitrogens with two attached hydrogens (primary N) is 1. The summed E-state index contributed by atoms with van der Waals surface area (Å²) < 4.78 is 39.7. The minimum atomic E-state index is -3.93. The Hall–Kier alpha value is -1.22. The molecule has 0 spiro atoms. The smallest absolute Gasteiger partial charge is 0.241 e. The highest BCUT2D eigenvalue weighted by Gasteiger charge is 2.23. The molecule has 0 bridgehead atoms. The van der Waals surface area contributed by atoms with Crippen LogP contribution < -0.4 is 10.5 Å². The zero-order valence-corrected chi connectivity index (χ0v) is 11.5. The summed E-state index contributed by atoms with van der Waals surface area (Å²) in [5, 5.41) is 17.8. The quantitative estimate of drug-likeness (QED) is 0.554. The Balaban J connectivity index is 3.19. The van der Waals surface area contributed by atoms with E-state index in [4.69, 9.17) is 15.9 Å². The van der Waals surface area contributed by atoms with Crippen molar-refractivity contribution in [2.45, 2.75) is 24.8 Å². The molecule has 0 aliphatic rings. The van der Waals surface area contributed by atoms with Gasteiger partial charge in [-0.05, 0) is 31.0 Å². The van der Waals surface area contributed by atoms with E-state index in [1.807, 2.05) is 0 Å². The van der Waals surface area contributed by atoms with E-state index in [0.29, 0.717) is 0 Å². The number of hydrogen-bond acceptors (Lipinski definition) is 5. The van der Waals surface area contributed by atoms with Gasteiger partial charge in [0.15, 0.2) is 0 Å². The highest BCUT2D eigenvalue weighted by atomic mass is 32.2. The predicted octanol–water partition coefficient (Wildman–Crippen LogP) is -0.344. The number of benzene rings is 1. The van der Waals surface area contributed by atoms with Gasteiger partial charge >= 0.3 is 0 Å². The summed E-state index contributed by atoms with van der Waals surface area (Å²) in [6.45, 7) is 1.95. The third kappa shape index (κ3) is 3.41. The summed E-state index contributed by atoms with van der Waals surface area (Å²) in [5.41, 5.74) is 5.58. The maximum atomic E-state index is 13.4. The van der Waals surface area contributed by atoms with Crippen LogP contribution in [0.3, 0.4) is 0 Å². The SMILES string of the molecule is Cc1cc(F)c(N)c(C)c1S(=O)(=O)NCC(O)CO. The molecule has 0 saturated heterocycles. The largest absolute Gasteiger partial charge is 0.396 e. The molecule has 6 nitrogen and oxygen atoms in total. The standard InChI is InChI=1S/C11H17FN2O4S/c1-6-3-9(12)10(13)7(2)11(6)19(17,18)14-4-8(16)5-15/h3,8,14-16H,4-5,13H2,1-2H3. The molecular formula is C11H17FN2O4S. The number of aliphatic hydroxyl groups is 2. The van der Waals surface area contributed by atoms with Crippen LogP contribution in [0.15, 0.2) is 11.0 Å². The fourth-order valence-corrected chi connectivity index (χ4v) is 3.24. The normalized spacial score (nSPS) is 13.5. The number of nitrogen functional groups attached to an aromatic ring is 1. The van der Waals surface area contributed by atoms with Crippen molar-refractivity contribution in [1.82, 2.24) is 4.72 Å². The Morgan fingerprint density at radius 1 is 1.47 bits per heavy atom. The van der Waals surface area contributed by atoms with Crippen LogP contribution in [0.4, 0.5) is 10.1 Å². The molecule has 1 unspecified atom stereocenters. The molecule has 5 N–H and O–H groups in total. The summed E-state index contributed by atoms with van der Waals surface area (Å²) in [7, 11) is -3.93. The van der Waals surface area contributed by atoms with Gasteiger partial charge in [0.1, 0.15) is 5.82 Å². The van der Waals surface area contributed by atoms with Gasteiger partial charge in [-0.1, -0.05) is 0 Å². The highest BCUT2D eigenvalue weighted by Crippen LogP contribution is 2.27. The summed E-state index contributed by atoms with van der Waals surface area (Å²) >= 11 is 0. The lowest BCUT2D eigenvalue weighted by molar-refractivity contribution is 0.0988. The molecule has 1 aromatic rings. The first-order chi connectivity index (χ1) is 8.70. The maximum absolute atomic E-state index is 13.4. The van der Waals surface area contributed by atoms with Crippen LogP contribution in [-0.4, -0.2) is 37.9 Å². The number of rotatable bonds is 5. The molecule has 0 fully saturated rings. The van der Waals surface area contributed by atoms with Gasteiger partial charge in [-0.3, -0.25) is 0 Å². The molecule has 1 rings (SSSR count). The van der Waals surface area contributed by atoms with Gasteiger partial charge in [0.05, 0.1) is 23.3 Å². The molecule has 0 amide bonds. The molecule has 0 aliphatic heterocycles. The van der Waals surface area contributed by atoms with Crippen molar-refractivity contribution in [2.75, 3.05) is 18.9 Å². The van der Waals surface area contributed by atoms with Crippen LogP contribution in [0.1, 0.15) is 11.1 Å². The topological polar surface area (TPSA) is 113 Å². The van der Waals surface area contributed by atoms with Gasteiger partial charge in [-0.2, -0.15) is 0 Å². The van der Waals surface area contributed by atoms with Crippen molar-refractivity contribution in [2.24, 2.45) is 0 Å². The molecule has 0 heterocycles. The summed E-state index contributed by atoms with van der Waals surface area (Å²) in [5.74, 6) is -0.677. The molecule has 0 radical (unpaired) electrons. The number of hydrogen-bond donors (Lipinski definition) is 4. The van der Waals surface area contributed by atoms with Gasteiger partial charge in [0.25, 0.3) is 0 Å². The lowest BCUT2D eigenvalue weighted by Crippen LogP contribution is -2.34. The average molecular weight is 292 g/mol. The second-order valence-electron chi connectivity index (χ2n) is 4.23. The fraction of sp³-hybridized carbons (Fsp3) is 0.455. The van der Waals surface area contributed by atoms with Crippen LogP contribution in [0.5, 0.6) is 0 Å². The van der Waals surface area contributed by atoms with Gasteiger partial charge < -0.3 is 15.9 Å². The lowest BCUT2D eigenvalue weighted by atomic mass is 10.1. The van der Waals surface area contributed by atoms with E-state index in [0.717, 1.165) is 6.07 Å². The molecule has 0 saturated carbocycles. The van der Waals surface area contributed by atoms with Crippen LogP contribution in [0, 0.1) is 19.7 Å². The Bertz CT molecular complexity index is 575. The molecule has 0 aromatic heterocycles. The molecule has 1 aromatic carbocycles. The van der Waals surface area contributed by atoms with Crippen LogP contribution >= 0.6 is 0 Å². The second kappa shape index (κ2) is 5.83. The van der Waals surface area contributed by atoms with E-state index >= 15 is 0 Å². The Morgan fingerprint density at radius 2 is 2.05 bits per heavy atom.